The van der Waals surface area contributed by atoms with Crippen LogP contribution >= 0.6 is 0 Å². The summed E-state index contributed by atoms with van der Waals surface area (Å²) >= 11 is 0. The number of unbranched alkanes of at least 4 members (excludes halogenated alkanes) is 2. The second kappa shape index (κ2) is 7.09. The first-order chi connectivity index (χ1) is 8.13. The van der Waals surface area contributed by atoms with E-state index in [4.69, 9.17) is 0 Å². The molecule has 0 aliphatic carbocycles. The average Bonchev–Trinajstić information content (AvgIpc) is 2.31. The molecule has 2 heteroatoms. The van der Waals surface area contributed by atoms with Crippen molar-refractivity contribution in [3.8, 4) is 11.8 Å². The van der Waals surface area contributed by atoms with E-state index in [0.29, 0.717) is 17.5 Å². The average molecular weight is 234 g/mol. The van der Waals surface area contributed by atoms with Crippen LogP contribution in [0.2, 0.25) is 0 Å². The van der Waals surface area contributed by atoms with Crippen molar-refractivity contribution >= 4 is 0 Å². The topological polar surface area (TPSA) is 20.2 Å². The largest absolute Gasteiger partial charge is 0.380 e. The molecule has 17 heavy (non-hydrogen) atoms. The van der Waals surface area contributed by atoms with Gasteiger partial charge in [-0.05, 0) is 37.5 Å². The lowest BCUT2D eigenvalue weighted by Gasteiger charge is -2.01. The van der Waals surface area contributed by atoms with Gasteiger partial charge in [0, 0.05) is 5.56 Å². The van der Waals surface area contributed by atoms with Crippen LogP contribution in [0.3, 0.4) is 0 Å². The minimum atomic E-state index is -0.606. The zero-order valence-electron chi connectivity index (χ0n) is 10.5. The molecule has 0 saturated carbocycles. The number of hydrogen-bond acceptors (Lipinski definition) is 1. The van der Waals surface area contributed by atoms with E-state index in [1.807, 2.05) is 0 Å². The monoisotopic (exact) mass is 234 g/mol. The predicted octanol–water partition coefficient (Wildman–Crippen LogP) is 3.43. The molecule has 0 heterocycles. The Morgan fingerprint density at radius 2 is 2.12 bits per heavy atom. The van der Waals surface area contributed by atoms with Gasteiger partial charge in [-0.25, -0.2) is 4.39 Å². The van der Waals surface area contributed by atoms with Crippen LogP contribution in [0.15, 0.2) is 18.2 Å². The Hall–Kier alpha value is -1.33. The van der Waals surface area contributed by atoms with E-state index in [0.717, 1.165) is 19.3 Å². The second-order valence-corrected chi connectivity index (χ2v) is 4.24. The number of aliphatic hydroxyl groups is 1. The minimum Gasteiger partial charge on any atom is -0.380 e. The molecule has 1 aromatic carbocycles. The standard InChI is InChI=1S/C15H19FO/c1-3-4-5-6-14(17)10-9-13-8-7-12(2)15(16)11-13/h7-8,11,14,17H,3-6H2,1-2H3. The van der Waals surface area contributed by atoms with Crippen molar-refractivity contribution in [2.45, 2.75) is 45.6 Å². The van der Waals surface area contributed by atoms with Crippen LogP contribution in [-0.2, 0) is 0 Å². The van der Waals surface area contributed by atoms with Gasteiger partial charge in [-0.1, -0.05) is 37.7 Å². The lowest BCUT2D eigenvalue weighted by molar-refractivity contribution is 0.217. The van der Waals surface area contributed by atoms with E-state index in [-0.39, 0.29) is 5.82 Å². The highest BCUT2D eigenvalue weighted by molar-refractivity contribution is 5.37. The first kappa shape index (κ1) is 13.7. The fraction of sp³-hybridized carbons (Fsp3) is 0.467. The summed E-state index contributed by atoms with van der Waals surface area (Å²) in [6.45, 7) is 3.83. The molecule has 0 aliphatic heterocycles. The van der Waals surface area contributed by atoms with E-state index in [1.165, 1.54) is 6.07 Å². The maximum atomic E-state index is 13.2. The number of rotatable bonds is 4. The van der Waals surface area contributed by atoms with Gasteiger partial charge in [-0.15, -0.1) is 0 Å². The summed E-state index contributed by atoms with van der Waals surface area (Å²) in [6, 6.07) is 4.87. The fourth-order valence-corrected chi connectivity index (χ4v) is 1.50. The quantitative estimate of drug-likeness (QED) is 0.625. The van der Waals surface area contributed by atoms with Crippen molar-refractivity contribution in [2.24, 2.45) is 0 Å². The molecule has 1 rings (SSSR count). The van der Waals surface area contributed by atoms with Gasteiger partial charge in [0.25, 0.3) is 0 Å². The van der Waals surface area contributed by atoms with Gasteiger partial charge in [0.05, 0.1) is 0 Å². The Balaban J connectivity index is 2.55. The molecule has 1 aromatic rings. The minimum absolute atomic E-state index is 0.253. The number of benzene rings is 1. The molecule has 0 radical (unpaired) electrons. The summed E-state index contributed by atoms with van der Waals surface area (Å²) in [6.07, 6.45) is 3.30. The van der Waals surface area contributed by atoms with Crippen LogP contribution < -0.4 is 0 Å². The molecule has 0 amide bonds. The zero-order chi connectivity index (χ0) is 12.7. The van der Waals surface area contributed by atoms with Crippen molar-refractivity contribution in [1.29, 1.82) is 0 Å². The lowest BCUT2D eigenvalue weighted by atomic mass is 10.1. The molecule has 1 N–H and O–H groups in total. The summed E-state index contributed by atoms with van der Waals surface area (Å²) in [7, 11) is 0. The van der Waals surface area contributed by atoms with Gasteiger partial charge in [-0.3, -0.25) is 0 Å². The van der Waals surface area contributed by atoms with Gasteiger partial charge in [0.2, 0.25) is 0 Å². The SMILES string of the molecule is CCCCCC(O)C#Cc1ccc(C)c(F)c1. The molecule has 0 bridgehead atoms. The molecular weight excluding hydrogens is 215 g/mol. The summed E-state index contributed by atoms with van der Waals surface area (Å²) < 4.78 is 13.2. The van der Waals surface area contributed by atoms with Gasteiger partial charge in [0.1, 0.15) is 11.9 Å². The van der Waals surface area contributed by atoms with Crippen LogP contribution in [0.4, 0.5) is 4.39 Å². The molecule has 1 unspecified atom stereocenters. The predicted molar refractivity (Wildman–Crippen MR) is 68.2 cm³/mol. The Labute approximate surface area is 103 Å². The highest BCUT2D eigenvalue weighted by Gasteiger charge is 1.99. The zero-order valence-corrected chi connectivity index (χ0v) is 10.5. The smallest absolute Gasteiger partial charge is 0.127 e. The Kier molecular flexibility index (Phi) is 5.72. The van der Waals surface area contributed by atoms with Crippen molar-refractivity contribution < 1.29 is 9.50 Å². The van der Waals surface area contributed by atoms with Crippen molar-refractivity contribution in [2.75, 3.05) is 0 Å². The van der Waals surface area contributed by atoms with Crippen LogP contribution in [-0.4, -0.2) is 11.2 Å². The van der Waals surface area contributed by atoms with Gasteiger partial charge in [-0.2, -0.15) is 0 Å². The molecule has 92 valence electrons. The highest BCUT2D eigenvalue weighted by atomic mass is 19.1. The normalized spacial score (nSPS) is 11.8. The lowest BCUT2D eigenvalue weighted by Crippen LogP contribution is -2.02. The maximum Gasteiger partial charge on any atom is 0.127 e. The highest BCUT2D eigenvalue weighted by Crippen LogP contribution is 2.08. The summed E-state index contributed by atoms with van der Waals surface area (Å²) in [4.78, 5) is 0. The number of aryl methyl sites for hydroxylation is 1. The molecule has 1 nitrogen and oxygen atoms in total. The first-order valence-corrected chi connectivity index (χ1v) is 6.09. The Bertz CT molecular complexity index is 415. The summed E-state index contributed by atoms with van der Waals surface area (Å²) in [5.41, 5.74) is 1.22. The third kappa shape index (κ3) is 5.01. The molecule has 0 aliphatic rings. The number of aliphatic hydroxyl groups excluding tert-OH is 1. The molecule has 0 saturated heterocycles. The molecule has 1 atom stereocenters. The molecule has 0 aromatic heterocycles. The van der Waals surface area contributed by atoms with Crippen LogP contribution in [0, 0.1) is 24.6 Å². The Morgan fingerprint density at radius 3 is 2.76 bits per heavy atom. The first-order valence-electron chi connectivity index (χ1n) is 6.09. The van der Waals surface area contributed by atoms with Gasteiger partial charge in [0.15, 0.2) is 0 Å². The number of halogens is 1. The van der Waals surface area contributed by atoms with Gasteiger partial charge >= 0.3 is 0 Å². The van der Waals surface area contributed by atoms with Crippen LogP contribution in [0.1, 0.15) is 43.7 Å². The molecule has 0 fully saturated rings. The van der Waals surface area contributed by atoms with Crippen LogP contribution in [0.5, 0.6) is 0 Å². The van der Waals surface area contributed by atoms with E-state index < -0.39 is 6.10 Å². The van der Waals surface area contributed by atoms with Crippen LogP contribution in [0.25, 0.3) is 0 Å². The molecular formula is C15H19FO. The fourth-order valence-electron chi connectivity index (χ4n) is 1.50. The van der Waals surface area contributed by atoms with Crippen molar-refractivity contribution in [3.63, 3.8) is 0 Å². The van der Waals surface area contributed by atoms with E-state index in [1.54, 1.807) is 19.1 Å². The number of hydrogen-bond donors (Lipinski definition) is 1. The summed E-state index contributed by atoms with van der Waals surface area (Å²) in [5, 5.41) is 9.59. The van der Waals surface area contributed by atoms with Gasteiger partial charge < -0.3 is 5.11 Å². The van der Waals surface area contributed by atoms with E-state index >= 15 is 0 Å². The summed E-state index contributed by atoms with van der Waals surface area (Å²) in [5.74, 6) is 5.29. The van der Waals surface area contributed by atoms with Crippen molar-refractivity contribution in [3.05, 3.63) is 35.1 Å². The second-order valence-electron chi connectivity index (χ2n) is 4.24. The Morgan fingerprint density at radius 1 is 1.35 bits per heavy atom. The molecule has 0 spiro atoms. The maximum absolute atomic E-state index is 13.2. The van der Waals surface area contributed by atoms with Crippen molar-refractivity contribution in [1.82, 2.24) is 0 Å². The van der Waals surface area contributed by atoms with E-state index in [2.05, 4.69) is 18.8 Å². The third-order valence-electron chi connectivity index (χ3n) is 2.64. The van der Waals surface area contributed by atoms with E-state index in [9.17, 15) is 9.50 Å². The third-order valence-corrected chi connectivity index (χ3v) is 2.64.